The molecule has 3 unspecified atom stereocenters. The number of benzene rings is 1. The van der Waals surface area contributed by atoms with Gasteiger partial charge in [-0.1, -0.05) is 18.2 Å². The summed E-state index contributed by atoms with van der Waals surface area (Å²) in [6, 6.07) is 9.87. The van der Waals surface area contributed by atoms with Crippen molar-refractivity contribution in [2.45, 2.75) is 35.8 Å². The molecule has 1 aromatic carbocycles. The van der Waals surface area contributed by atoms with E-state index in [1.165, 1.54) is 10.8 Å². The molecule has 3 atom stereocenters. The zero-order chi connectivity index (χ0) is 16.4. The Morgan fingerprint density at radius 1 is 1.35 bits per heavy atom. The van der Waals surface area contributed by atoms with Crippen molar-refractivity contribution in [3.05, 3.63) is 62.9 Å². The van der Waals surface area contributed by atoms with E-state index < -0.39 is 17.5 Å². The Labute approximate surface area is 137 Å². The smallest absolute Gasteiger partial charge is 0.330 e. The number of thioether (sulfide) groups is 1. The largest absolute Gasteiger partial charge is 0.394 e. The Balaban J connectivity index is 1.83. The number of aryl methyl sites for hydroxylation is 1. The first-order valence-corrected chi connectivity index (χ1v) is 8.26. The zero-order valence-corrected chi connectivity index (χ0v) is 13.5. The highest BCUT2D eigenvalue weighted by atomic mass is 32.2. The van der Waals surface area contributed by atoms with Crippen LogP contribution in [0, 0.1) is 6.92 Å². The molecule has 0 bridgehead atoms. The van der Waals surface area contributed by atoms with Gasteiger partial charge in [-0.15, -0.1) is 11.8 Å². The van der Waals surface area contributed by atoms with Gasteiger partial charge in [-0.2, -0.15) is 0 Å². The summed E-state index contributed by atoms with van der Waals surface area (Å²) >= 11 is 1.62. The molecule has 1 aliphatic heterocycles. The Hall–Kier alpha value is -1.83. The summed E-state index contributed by atoms with van der Waals surface area (Å²) in [5.41, 5.74) is -0.432. The van der Waals surface area contributed by atoms with Crippen LogP contribution in [0.1, 0.15) is 18.2 Å². The van der Waals surface area contributed by atoms with Gasteiger partial charge < -0.3 is 9.84 Å². The SMILES string of the molecule is Cc1cn(C2CC(Sc3ccccc3)C(CO)O2)c(=O)[nH]c1=O. The minimum absolute atomic E-state index is 0.0338. The topological polar surface area (TPSA) is 84.3 Å². The van der Waals surface area contributed by atoms with Gasteiger partial charge in [0.1, 0.15) is 6.23 Å². The Morgan fingerprint density at radius 3 is 2.78 bits per heavy atom. The summed E-state index contributed by atoms with van der Waals surface area (Å²) in [6.07, 6.45) is 1.24. The van der Waals surface area contributed by atoms with Crippen LogP contribution in [-0.2, 0) is 4.74 Å². The fraction of sp³-hybridized carbons (Fsp3) is 0.375. The van der Waals surface area contributed by atoms with Crippen LogP contribution in [0.4, 0.5) is 0 Å². The average Bonchev–Trinajstić information content (AvgIpc) is 2.94. The van der Waals surface area contributed by atoms with Crippen LogP contribution in [0.2, 0.25) is 0 Å². The van der Waals surface area contributed by atoms with E-state index in [0.717, 1.165) is 4.90 Å². The third-order valence-electron chi connectivity index (χ3n) is 3.85. The van der Waals surface area contributed by atoms with E-state index in [0.29, 0.717) is 12.0 Å². The van der Waals surface area contributed by atoms with Crippen molar-refractivity contribution in [1.82, 2.24) is 9.55 Å². The van der Waals surface area contributed by atoms with Crippen LogP contribution in [0.15, 0.2) is 51.0 Å². The van der Waals surface area contributed by atoms with Gasteiger partial charge in [0.15, 0.2) is 0 Å². The van der Waals surface area contributed by atoms with Gasteiger partial charge in [0, 0.05) is 28.3 Å². The Bertz CT molecular complexity index is 787. The number of aromatic nitrogens is 2. The summed E-state index contributed by atoms with van der Waals surface area (Å²) < 4.78 is 7.22. The molecule has 23 heavy (non-hydrogen) atoms. The molecule has 3 rings (SSSR count). The lowest BCUT2D eigenvalue weighted by atomic mass is 10.2. The molecular formula is C16H18N2O4S. The third-order valence-corrected chi connectivity index (χ3v) is 5.19. The number of nitrogens with zero attached hydrogens (tertiary/aromatic N) is 1. The van der Waals surface area contributed by atoms with Gasteiger partial charge in [-0.3, -0.25) is 14.3 Å². The number of nitrogens with one attached hydrogen (secondary N) is 1. The number of aliphatic hydroxyl groups is 1. The number of hydrogen-bond donors (Lipinski definition) is 2. The second-order valence-electron chi connectivity index (χ2n) is 5.50. The molecule has 0 amide bonds. The Morgan fingerprint density at radius 2 is 2.09 bits per heavy atom. The second kappa shape index (κ2) is 6.74. The highest BCUT2D eigenvalue weighted by Gasteiger charge is 2.37. The highest BCUT2D eigenvalue weighted by Crippen LogP contribution is 2.38. The van der Waals surface area contributed by atoms with Crippen LogP contribution in [0.25, 0.3) is 0 Å². The number of rotatable bonds is 4. The van der Waals surface area contributed by atoms with Crippen molar-refractivity contribution >= 4 is 11.8 Å². The van der Waals surface area contributed by atoms with Crippen molar-refractivity contribution in [2.75, 3.05) is 6.61 Å². The van der Waals surface area contributed by atoms with E-state index >= 15 is 0 Å². The molecule has 6 nitrogen and oxygen atoms in total. The summed E-state index contributed by atoms with van der Waals surface area (Å²) in [5.74, 6) is 0. The molecule has 2 N–H and O–H groups in total. The van der Waals surface area contributed by atoms with E-state index in [1.807, 2.05) is 30.3 Å². The molecule has 0 radical (unpaired) electrons. The molecule has 2 aromatic rings. The summed E-state index contributed by atoms with van der Waals surface area (Å²) in [6.45, 7) is 1.53. The monoisotopic (exact) mass is 334 g/mol. The van der Waals surface area contributed by atoms with Gasteiger partial charge >= 0.3 is 5.69 Å². The van der Waals surface area contributed by atoms with Gasteiger partial charge in [-0.25, -0.2) is 4.79 Å². The molecule has 0 spiro atoms. The second-order valence-corrected chi connectivity index (χ2v) is 6.81. The first kappa shape index (κ1) is 16.0. The summed E-state index contributed by atoms with van der Waals surface area (Å²) in [5, 5.41) is 9.60. The standard InChI is InChI=1S/C16H18N2O4S/c1-10-8-18(16(21)17-15(10)20)14-7-13(12(9-19)22-14)23-11-5-3-2-4-6-11/h2-6,8,12-14,19H,7,9H2,1H3,(H,17,20,21). The molecule has 0 saturated carbocycles. The molecule has 0 aliphatic carbocycles. The zero-order valence-electron chi connectivity index (χ0n) is 12.6. The lowest BCUT2D eigenvalue weighted by Crippen LogP contribution is -2.33. The highest BCUT2D eigenvalue weighted by molar-refractivity contribution is 8.00. The van der Waals surface area contributed by atoms with Gasteiger partial charge in [0.25, 0.3) is 5.56 Å². The fourth-order valence-corrected chi connectivity index (χ4v) is 3.86. The van der Waals surface area contributed by atoms with E-state index in [4.69, 9.17) is 4.74 Å². The maximum Gasteiger partial charge on any atom is 0.330 e. The predicted octanol–water partition coefficient (Wildman–Crippen LogP) is 1.29. The lowest BCUT2D eigenvalue weighted by Gasteiger charge is -2.15. The molecule has 1 aliphatic rings. The molecule has 2 heterocycles. The summed E-state index contributed by atoms with van der Waals surface area (Å²) in [7, 11) is 0. The maximum absolute atomic E-state index is 12.0. The quantitative estimate of drug-likeness (QED) is 0.880. The van der Waals surface area contributed by atoms with Gasteiger partial charge in [-0.05, 0) is 19.1 Å². The van der Waals surface area contributed by atoms with Gasteiger partial charge in [0.05, 0.1) is 12.7 Å². The van der Waals surface area contributed by atoms with Crippen molar-refractivity contribution in [1.29, 1.82) is 0 Å². The minimum Gasteiger partial charge on any atom is -0.394 e. The predicted molar refractivity (Wildman–Crippen MR) is 87.8 cm³/mol. The normalized spacial score (nSPS) is 24.0. The van der Waals surface area contributed by atoms with E-state index in [2.05, 4.69) is 4.98 Å². The first-order valence-electron chi connectivity index (χ1n) is 7.38. The number of hydrogen-bond acceptors (Lipinski definition) is 5. The molecule has 1 fully saturated rings. The van der Waals surface area contributed by atoms with Crippen LogP contribution < -0.4 is 11.2 Å². The lowest BCUT2D eigenvalue weighted by molar-refractivity contribution is -0.0238. The number of H-pyrrole nitrogens is 1. The third kappa shape index (κ3) is 3.41. The van der Waals surface area contributed by atoms with Crippen molar-refractivity contribution in [3.8, 4) is 0 Å². The molecule has 122 valence electrons. The molecule has 1 aromatic heterocycles. The van der Waals surface area contributed by atoms with Gasteiger partial charge in [0.2, 0.25) is 0 Å². The van der Waals surface area contributed by atoms with E-state index in [9.17, 15) is 14.7 Å². The first-order chi connectivity index (χ1) is 11.1. The van der Waals surface area contributed by atoms with E-state index in [1.54, 1.807) is 18.7 Å². The molecular weight excluding hydrogens is 316 g/mol. The maximum atomic E-state index is 12.0. The van der Waals surface area contributed by atoms with Crippen LogP contribution in [0.3, 0.4) is 0 Å². The number of aliphatic hydroxyl groups excluding tert-OH is 1. The average molecular weight is 334 g/mol. The minimum atomic E-state index is -0.493. The summed E-state index contributed by atoms with van der Waals surface area (Å²) in [4.78, 5) is 26.8. The van der Waals surface area contributed by atoms with E-state index in [-0.39, 0.29) is 18.0 Å². The molecule has 1 saturated heterocycles. The fourth-order valence-electron chi connectivity index (χ4n) is 2.63. The molecule has 7 heteroatoms. The van der Waals surface area contributed by atoms with Crippen LogP contribution in [0.5, 0.6) is 0 Å². The number of aromatic amines is 1. The van der Waals surface area contributed by atoms with Crippen molar-refractivity contribution in [2.24, 2.45) is 0 Å². The van der Waals surface area contributed by atoms with Crippen molar-refractivity contribution in [3.63, 3.8) is 0 Å². The van der Waals surface area contributed by atoms with Crippen LogP contribution in [-0.4, -0.2) is 32.6 Å². The van der Waals surface area contributed by atoms with Crippen molar-refractivity contribution < 1.29 is 9.84 Å². The number of ether oxygens (including phenoxy) is 1. The van der Waals surface area contributed by atoms with Crippen LogP contribution >= 0.6 is 11.8 Å². The Kier molecular flexibility index (Phi) is 4.70.